The smallest absolute Gasteiger partial charge is 0.134 e. The highest BCUT2D eigenvalue weighted by atomic mass is 35.5. The van der Waals surface area contributed by atoms with Crippen LogP contribution in [0.1, 0.15) is 29.5 Å². The van der Waals surface area contributed by atoms with Crippen LogP contribution in [0, 0.1) is 20.8 Å². The highest BCUT2D eigenvalue weighted by molar-refractivity contribution is 6.01. The summed E-state index contributed by atoms with van der Waals surface area (Å²) < 4.78 is 1.86. The van der Waals surface area contributed by atoms with Gasteiger partial charge in [-0.3, -0.25) is 4.68 Å². The van der Waals surface area contributed by atoms with Crippen LogP contribution >= 0.6 is 12.4 Å². The lowest BCUT2D eigenvalue weighted by atomic mass is 9.92. The maximum Gasteiger partial charge on any atom is 0.134 e. The molecule has 5 nitrogen and oxygen atoms in total. The minimum atomic E-state index is 0. The molecule has 0 saturated heterocycles. The van der Waals surface area contributed by atoms with Crippen molar-refractivity contribution in [3.05, 3.63) is 47.0 Å². The van der Waals surface area contributed by atoms with Crippen molar-refractivity contribution in [2.45, 2.75) is 33.6 Å². The van der Waals surface area contributed by atoms with Gasteiger partial charge < -0.3 is 14.5 Å². The maximum atomic E-state index is 10.9. The number of aryl methyl sites for hydroxylation is 4. The normalized spacial score (nSPS) is 10.6. The van der Waals surface area contributed by atoms with Gasteiger partial charge in [-0.15, -0.1) is 12.4 Å². The van der Waals surface area contributed by atoms with Crippen LogP contribution in [0.2, 0.25) is 0 Å². The Morgan fingerprint density at radius 3 is 2.14 bits per heavy atom. The fourth-order valence-corrected chi connectivity index (χ4v) is 4.13. The minimum absolute atomic E-state index is 0. The number of fused-ring (bicyclic) bond motifs is 1. The lowest BCUT2D eigenvalue weighted by Crippen LogP contribution is -2.28. The van der Waals surface area contributed by atoms with Crippen molar-refractivity contribution in [2.24, 2.45) is 7.05 Å². The number of halogens is 1. The van der Waals surface area contributed by atoms with Crippen molar-refractivity contribution < 1.29 is 9.59 Å². The summed E-state index contributed by atoms with van der Waals surface area (Å²) in [5.74, 6) is 0.947. The van der Waals surface area contributed by atoms with Crippen LogP contribution in [-0.4, -0.2) is 35.4 Å². The molecule has 0 aliphatic rings. The second-order valence-electron chi connectivity index (χ2n) is 7.32. The molecule has 1 heterocycles. The molecule has 0 aliphatic heterocycles. The van der Waals surface area contributed by atoms with Crippen LogP contribution in [-0.2, 0) is 16.6 Å². The molecule has 3 rings (SSSR count). The van der Waals surface area contributed by atoms with Crippen molar-refractivity contribution in [1.29, 1.82) is 0 Å². The summed E-state index contributed by atoms with van der Waals surface area (Å²) in [5.41, 5.74) is 6.99. The standard InChI is InChI=1S/C23H27N3O2.ClH/c1-16-14-17(2)21(18(3)15-16)19-8-5-9-20-22(19)24-25(4)23(20)26(10-6-12-27)11-7-13-28;/h5,8-9,12-15H,6-7,10-11H2,1-4H3;1H. The van der Waals surface area contributed by atoms with Crippen LogP contribution in [0.5, 0.6) is 0 Å². The molecular weight excluding hydrogens is 386 g/mol. The van der Waals surface area contributed by atoms with E-state index < -0.39 is 0 Å². The van der Waals surface area contributed by atoms with E-state index in [0.717, 1.165) is 34.9 Å². The van der Waals surface area contributed by atoms with Crippen LogP contribution in [0.4, 0.5) is 5.82 Å². The predicted octanol–water partition coefficient (Wildman–Crippen LogP) is 4.57. The van der Waals surface area contributed by atoms with Gasteiger partial charge in [0.25, 0.3) is 0 Å². The van der Waals surface area contributed by atoms with Crippen LogP contribution in [0.25, 0.3) is 22.0 Å². The van der Waals surface area contributed by atoms with Crippen LogP contribution < -0.4 is 4.90 Å². The molecule has 0 N–H and O–H groups in total. The average Bonchev–Trinajstić information content (AvgIpc) is 2.98. The van der Waals surface area contributed by atoms with E-state index in [1.807, 2.05) is 11.7 Å². The number of aromatic nitrogens is 2. The lowest BCUT2D eigenvalue weighted by Gasteiger charge is -2.23. The van der Waals surface area contributed by atoms with Gasteiger partial charge in [-0.1, -0.05) is 29.8 Å². The predicted molar refractivity (Wildman–Crippen MR) is 121 cm³/mol. The lowest BCUT2D eigenvalue weighted by molar-refractivity contribution is -0.108. The third-order valence-electron chi connectivity index (χ3n) is 5.11. The Hall–Kier alpha value is -2.66. The van der Waals surface area contributed by atoms with Crippen molar-refractivity contribution in [1.82, 2.24) is 9.78 Å². The zero-order valence-corrected chi connectivity index (χ0v) is 18.3. The summed E-state index contributed by atoms with van der Waals surface area (Å²) in [7, 11) is 1.92. The summed E-state index contributed by atoms with van der Waals surface area (Å²) in [6.07, 6.45) is 2.66. The molecule has 0 aliphatic carbocycles. The first-order chi connectivity index (χ1) is 13.5. The average molecular weight is 414 g/mol. The maximum absolute atomic E-state index is 10.9. The van der Waals surface area contributed by atoms with E-state index in [1.54, 1.807) is 0 Å². The SMILES string of the molecule is Cc1cc(C)c(-c2cccc3c(N(CCC=O)CCC=O)n(C)nc23)c(C)c1.Cl. The molecule has 6 heteroatoms. The Balaban J connectivity index is 0.00000300. The van der Waals surface area contributed by atoms with E-state index in [2.05, 4.69) is 56.0 Å². The fourth-order valence-electron chi connectivity index (χ4n) is 4.13. The Morgan fingerprint density at radius 1 is 1.00 bits per heavy atom. The Morgan fingerprint density at radius 2 is 1.59 bits per heavy atom. The number of carbonyl (C=O) groups is 2. The van der Waals surface area contributed by atoms with Crippen molar-refractivity contribution in [2.75, 3.05) is 18.0 Å². The molecule has 0 atom stereocenters. The van der Waals surface area contributed by atoms with Crippen LogP contribution in [0.3, 0.4) is 0 Å². The molecule has 0 spiro atoms. The van der Waals surface area contributed by atoms with Gasteiger partial charge in [0.2, 0.25) is 0 Å². The van der Waals surface area contributed by atoms with Gasteiger partial charge in [-0.2, -0.15) is 5.10 Å². The van der Waals surface area contributed by atoms with Crippen molar-refractivity contribution >= 4 is 41.7 Å². The van der Waals surface area contributed by atoms with E-state index in [1.165, 1.54) is 22.3 Å². The number of hydrogen-bond donors (Lipinski definition) is 0. The van der Waals surface area contributed by atoms with E-state index in [9.17, 15) is 9.59 Å². The second-order valence-corrected chi connectivity index (χ2v) is 7.32. The first-order valence-corrected chi connectivity index (χ1v) is 9.64. The number of aldehydes is 2. The van der Waals surface area contributed by atoms with Gasteiger partial charge in [-0.25, -0.2) is 0 Å². The number of nitrogens with zero attached hydrogens (tertiary/aromatic N) is 3. The van der Waals surface area contributed by atoms with Gasteiger partial charge in [0.05, 0.1) is 0 Å². The second kappa shape index (κ2) is 9.70. The van der Waals surface area contributed by atoms with Gasteiger partial charge in [0.1, 0.15) is 23.9 Å². The number of hydrogen-bond acceptors (Lipinski definition) is 4. The van der Waals surface area contributed by atoms with Crippen LogP contribution in [0.15, 0.2) is 30.3 Å². The molecule has 0 saturated carbocycles. The summed E-state index contributed by atoms with van der Waals surface area (Å²) in [4.78, 5) is 23.9. The summed E-state index contributed by atoms with van der Waals surface area (Å²) in [5, 5.41) is 5.87. The molecule has 2 aromatic carbocycles. The Kier molecular flexibility index (Phi) is 7.57. The highest BCUT2D eigenvalue weighted by Gasteiger charge is 2.19. The zero-order chi connectivity index (χ0) is 20.3. The first kappa shape index (κ1) is 22.6. The molecule has 0 radical (unpaired) electrons. The molecule has 0 unspecified atom stereocenters. The molecule has 0 bridgehead atoms. The summed E-state index contributed by atoms with van der Waals surface area (Å²) >= 11 is 0. The molecule has 3 aromatic rings. The highest BCUT2D eigenvalue weighted by Crippen LogP contribution is 2.36. The van der Waals surface area contributed by atoms with Gasteiger partial charge in [0, 0.05) is 43.9 Å². The van der Waals surface area contributed by atoms with Gasteiger partial charge in [0.15, 0.2) is 0 Å². The number of rotatable bonds is 8. The van der Waals surface area contributed by atoms with E-state index in [-0.39, 0.29) is 12.4 Å². The van der Waals surface area contributed by atoms with Gasteiger partial charge >= 0.3 is 0 Å². The number of anilines is 1. The quantitative estimate of drug-likeness (QED) is 0.507. The molecule has 29 heavy (non-hydrogen) atoms. The largest absolute Gasteiger partial charge is 0.355 e. The van der Waals surface area contributed by atoms with Crippen molar-refractivity contribution in [3.8, 4) is 11.1 Å². The third kappa shape index (κ3) is 4.51. The molecule has 1 aromatic heterocycles. The Bertz CT molecular complexity index is 991. The monoisotopic (exact) mass is 413 g/mol. The number of carbonyl (C=O) groups excluding carboxylic acids is 2. The van der Waals surface area contributed by atoms with E-state index >= 15 is 0 Å². The van der Waals surface area contributed by atoms with Crippen molar-refractivity contribution in [3.63, 3.8) is 0 Å². The Labute approximate surface area is 178 Å². The summed E-state index contributed by atoms with van der Waals surface area (Å²) in [6, 6.07) is 10.6. The topological polar surface area (TPSA) is 55.2 Å². The summed E-state index contributed by atoms with van der Waals surface area (Å²) in [6.45, 7) is 7.52. The third-order valence-corrected chi connectivity index (χ3v) is 5.11. The first-order valence-electron chi connectivity index (χ1n) is 9.64. The molecule has 0 amide bonds. The van der Waals surface area contributed by atoms with E-state index in [0.29, 0.717) is 25.9 Å². The van der Waals surface area contributed by atoms with Gasteiger partial charge in [-0.05, 0) is 43.5 Å². The molecular formula is C23H28ClN3O2. The zero-order valence-electron chi connectivity index (χ0n) is 17.4. The minimum Gasteiger partial charge on any atom is -0.355 e. The van der Waals surface area contributed by atoms with E-state index in [4.69, 9.17) is 5.10 Å². The number of benzene rings is 2. The fraction of sp³-hybridized carbons (Fsp3) is 0.348. The molecule has 0 fully saturated rings. The molecule has 154 valence electrons.